The number of nitrogens with zero attached hydrogens (tertiary/aromatic N) is 3. The van der Waals surface area contributed by atoms with Crippen molar-refractivity contribution in [1.82, 2.24) is 4.90 Å². The van der Waals surface area contributed by atoms with Gasteiger partial charge in [0.25, 0.3) is 5.91 Å². The maximum absolute atomic E-state index is 13.0. The molecule has 136 valence electrons. The standard InChI is InChI=1S/C19H21N3O4/c1-25-13-11-21(14-16-8-5-12-26-16)19(24)17-9-10-18(23)22(20-17)15-6-3-2-4-7-15/h2-8,12H,9-11,13-14H2,1H3. The molecule has 0 saturated carbocycles. The fourth-order valence-electron chi connectivity index (χ4n) is 2.71. The lowest BCUT2D eigenvalue weighted by molar-refractivity contribution is -0.125. The second-order valence-electron chi connectivity index (χ2n) is 5.89. The summed E-state index contributed by atoms with van der Waals surface area (Å²) in [7, 11) is 1.59. The van der Waals surface area contributed by atoms with E-state index in [1.165, 1.54) is 5.01 Å². The molecule has 1 aliphatic rings. The number of carbonyl (C=O) groups excluding carboxylic acids is 2. The van der Waals surface area contributed by atoms with E-state index < -0.39 is 0 Å². The number of amides is 2. The summed E-state index contributed by atoms with van der Waals surface area (Å²) in [4.78, 5) is 26.8. The van der Waals surface area contributed by atoms with Gasteiger partial charge in [0.1, 0.15) is 11.5 Å². The van der Waals surface area contributed by atoms with Crippen LogP contribution in [0, 0.1) is 0 Å². The minimum atomic E-state index is -0.216. The fourth-order valence-corrected chi connectivity index (χ4v) is 2.71. The molecule has 0 bridgehead atoms. The Morgan fingerprint density at radius 3 is 2.73 bits per heavy atom. The summed E-state index contributed by atoms with van der Waals surface area (Å²) in [6.07, 6.45) is 2.14. The zero-order valence-corrected chi connectivity index (χ0v) is 14.6. The number of hydrogen-bond donors (Lipinski definition) is 0. The highest BCUT2D eigenvalue weighted by atomic mass is 16.5. The van der Waals surface area contributed by atoms with E-state index in [1.807, 2.05) is 24.3 Å². The number of anilines is 1. The summed E-state index contributed by atoms with van der Waals surface area (Å²) in [5, 5.41) is 5.63. The first-order chi connectivity index (χ1) is 12.7. The van der Waals surface area contributed by atoms with Crippen LogP contribution in [0.3, 0.4) is 0 Å². The van der Waals surface area contributed by atoms with Crippen LogP contribution in [0.1, 0.15) is 18.6 Å². The van der Waals surface area contributed by atoms with Crippen molar-refractivity contribution in [3.05, 3.63) is 54.5 Å². The Labute approximate surface area is 151 Å². The molecule has 7 nitrogen and oxygen atoms in total. The fraction of sp³-hybridized carbons (Fsp3) is 0.316. The van der Waals surface area contributed by atoms with Crippen LogP contribution in [0.25, 0.3) is 0 Å². The maximum Gasteiger partial charge on any atom is 0.270 e. The van der Waals surface area contributed by atoms with Crippen LogP contribution in [0.15, 0.2) is 58.2 Å². The number of benzene rings is 1. The summed E-state index contributed by atoms with van der Waals surface area (Å²) >= 11 is 0. The lowest BCUT2D eigenvalue weighted by Crippen LogP contribution is -2.42. The number of hydrazone groups is 1. The van der Waals surface area contributed by atoms with E-state index in [-0.39, 0.29) is 18.2 Å². The molecule has 0 spiro atoms. The van der Waals surface area contributed by atoms with Gasteiger partial charge in [0.15, 0.2) is 0 Å². The van der Waals surface area contributed by atoms with Crippen LogP contribution in [-0.2, 0) is 20.9 Å². The molecule has 3 rings (SSSR count). The first-order valence-electron chi connectivity index (χ1n) is 8.45. The average Bonchev–Trinajstić information content (AvgIpc) is 3.19. The number of carbonyl (C=O) groups is 2. The molecule has 1 aromatic heterocycles. The largest absolute Gasteiger partial charge is 0.467 e. The van der Waals surface area contributed by atoms with Crippen LogP contribution < -0.4 is 5.01 Å². The number of ether oxygens (including phenoxy) is 1. The van der Waals surface area contributed by atoms with Crippen molar-refractivity contribution in [3.63, 3.8) is 0 Å². The van der Waals surface area contributed by atoms with Gasteiger partial charge in [-0.1, -0.05) is 18.2 Å². The van der Waals surface area contributed by atoms with Crippen molar-refractivity contribution < 1.29 is 18.7 Å². The van der Waals surface area contributed by atoms with Crippen molar-refractivity contribution in [2.75, 3.05) is 25.3 Å². The molecule has 1 aliphatic heterocycles. The SMILES string of the molecule is COCCN(Cc1ccco1)C(=O)C1=NN(c2ccccc2)C(=O)CC1. The zero-order valence-electron chi connectivity index (χ0n) is 14.6. The summed E-state index contributed by atoms with van der Waals surface area (Å²) in [5.41, 5.74) is 1.01. The Kier molecular flexibility index (Phi) is 5.80. The normalized spacial score (nSPS) is 14.3. The van der Waals surface area contributed by atoms with Gasteiger partial charge in [0.05, 0.1) is 25.1 Å². The monoisotopic (exact) mass is 355 g/mol. The molecule has 26 heavy (non-hydrogen) atoms. The van der Waals surface area contributed by atoms with Crippen LogP contribution >= 0.6 is 0 Å². The highest BCUT2D eigenvalue weighted by Gasteiger charge is 2.28. The molecule has 1 aromatic carbocycles. The molecule has 0 saturated heterocycles. The van der Waals surface area contributed by atoms with Gasteiger partial charge in [-0.05, 0) is 24.3 Å². The lowest BCUT2D eigenvalue weighted by Gasteiger charge is -2.27. The van der Waals surface area contributed by atoms with Crippen LogP contribution in [0.5, 0.6) is 0 Å². The summed E-state index contributed by atoms with van der Waals surface area (Å²) in [5.74, 6) is 0.343. The highest BCUT2D eigenvalue weighted by molar-refractivity contribution is 6.40. The minimum Gasteiger partial charge on any atom is -0.467 e. The van der Waals surface area contributed by atoms with Crippen molar-refractivity contribution in [1.29, 1.82) is 0 Å². The van der Waals surface area contributed by atoms with Gasteiger partial charge < -0.3 is 14.1 Å². The van der Waals surface area contributed by atoms with Gasteiger partial charge in [0.2, 0.25) is 5.91 Å². The van der Waals surface area contributed by atoms with E-state index in [0.717, 1.165) is 0 Å². The minimum absolute atomic E-state index is 0.123. The van der Waals surface area contributed by atoms with E-state index in [2.05, 4.69) is 5.10 Å². The summed E-state index contributed by atoms with van der Waals surface area (Å²) in [6, 6.07) is 12.7. The Hall–Kier alpha value is -2.93. The first-order valence-corrected chi connectivity index (χ1v) is 8.45. The molecular formula is C19H21N3O4. The molecule has 0 radical (unpaired) electrons. The zero-order chi connectivity index (χ0) is 18.4. The molecular weight excluding hydrogens is 334 g/mol. The van der Waals surface area contributed by atoms with Crippen molar-refractivity contribution in [3.8, 4) is 0 Å². The lowest BCUT2D eigenvalue weighted by atomic mass is 10.1. The van der Waals surface area contributed by atoms with Gasteiger partial charge in [-0.15, -0.1) is 0 Å². The predicted molar refractivity (Wildman–Crippen MR) is 96.6 cm³/mol. The molecule has 2 aromatic rings. The molecule has 0 aliphatic carbocycles. The number of methoxy groups -OCH3 is 1. The number of hydrogen-bond acceptors (Lipinski definition) is 5. The number of rotatable bonds is 7. The molecule has 2 amide bonds. The third kappa shape index (κ3) is 4.18. The molecule has 0 unspecified atom stereocenters. The Morgan fingerprint density at radius 2 is 2.04 bits per heavy atom. The van der Waals surface area contributed by atoms with Gasteiger partial charge in [-0.3, -0.25) is 9.59 Å². The van der Waals surface area contributed by atoms with Gasteiger partial charge in [-0.25, -0.2) is 5.01 Å². The second kappa shape index (κ2) is 8.44. The Morgan fingerprint density at radius 1 is 1.23 bits per heavy atom. The molecule has 7 heteroatoms. The second-order valence-corrected chi connectivity index (χ2v) is 5.89. The van der Waals surface area contributed by atoms with Crippen molar-refractivity contribution in [2.45, 2.75) is 19.4 Å². The van der Waals surface area contributed by atoms with Gasteiger partial charge in [0, 0.05) is 26.5 Å². The van der Waals surface area contributed by atoms with Crippen molar-refractivity contribution >= 4 is 23.2 Å². The quantitative estimate of drug-likeness (QED) is 0.764. The third-order valence-corrected chi connectivity index (χ3v) is 4.06. The molecule has 2 heterocycles. The molecule has 0 fully saturated rings. The van der Waals surface area contributed by atoms with E-state index >= 15 is 0 Å². The molecule has 0 atom stereocenters. The summed E-state index contributed by atoms with van der Waals surface area (Å²) in [6.45, 7) is 1.14. The molecule has 0 N–H and O–H groups in total. The first kappa shape index (κ1) is 17.9. The van der Waals surface area contributed by atoms with Crippen LogP contribution in [0.4, 0.5) is 5.69 Å². The average molecular weight is 355 g/mol. The Bertz CT molecular complexity index is 771. The number of para-hydroxylation sites is 1. The van der Waals surface area contributed by atoms with E-state index in [0.29, 0.717) is 43.3 Å². The smallest absolute Gasteiger partial charge is 0.270 e. The Balaban J connectivity index is 1.81. The predicted octanol–water partition coefficient (Wildman–Crippen LogP) is 2.44. The third-order valence-electron chi connectivity index (χ3n) is 4.06. The maximum atomic E-state index is 13.0. The van der Waals surface area contributed by atoms with Gasteiger partial charge >= 0.3 is 0 Å². The summed E-state index contributed by atoms with van der Waals surface area (Å²) < 4.78 is 10.5. The highest BCUT2D eigenvalue weighted by Crippen LogP contribution is 2.20. The van der Waals surface area contributed by atoms with Crippen molar-refractivity contribution in [2.24, 2.45) is 5.10 Å². The van der Waals surface area contributed by atoms with Gasteiger partial charge in [-0.2, -0.15) is 5.10 Å². The number of furan rings is 1. The van der Waals surface area contributed by atoms with Crippen LogP contribution in [0.2, 0.25) is 0 Å². The van der Waals surface area contributed by atoms with E-state index in [9.17, 15) is 9.59 Å². The van der Waals surface area contributed by atoms with Crippen LogP contribution in [-0.4, -0.2) is 42.7 Å². The topological polar surface area (TPSA) is 75.3 Å². The van der Waals surface area contributed by atoms with E-state index in [4.69, 9.17) is 9.15 Å². The van der Waals surface area contributed by atoms with E-state index in [1.54, 1.807) is 36.5 Å².